The minimum Gasteiger partial charge on any atom is -0.508 e. The van der Waals surface area contributed by atoms with Crippen LogP contribution in [0.2, 0.25) is 0 Å². The van der Waals surface area contributed by atoms with Gasteiger partial charge in [0.2, 0.25) is 0 Å². The van der Waals surface area contributed by atoms with Crippen molar-refractivity contribution in [2.75, 3.05) is 0 Å². The van der Waals surface area contributed by atoms with Gasteiger partial charge in [-0.3, -0.25) is 0 Å². The van der Waals surface area contributed by atoms with Gasteiger partial charge in [-0.25, -0.2) is 0 Å². The summed E-state index contributed by atoms with van der Waals surface area (Å²) in [6.07, 6.45) is 7.57. The molecular weight excluding hydrogens is 348 g/mol. The highest BCUT2D eigenvalue weighted by Crippen LogP contribution is 2.42. The lowest BCUT2D eigenvalue weighted by atomic mass is 9.69. The van der Waals surface area contributed by atoms with Crippen LogP contribution in [0, 0.1) is 0 Å². The Morgan fingerprint density at radius 1 is 0.643 bits per heavy atom. The fraction of sp³-hybridized carbons (Fsp3) is 0.200. The van der Waals surface area contributed by atoms with Crippen molar-refractivity contribution in [3.8, 4) is 17.2 Å². The molecule has 28 heavy (non-hydrogen) atoms. The molecule has 3 N–H and O–H groups in total. The second-order valence-corrected chi connectivity index (χ2v) is 6.99. The third kappa shape index (κ3) is 4.04. The number of phenols is 3. The Morgan fingerprint density at radius 2 is 1.00 bits per heavy atom. The van der Waals surface area contributed by atoms with Crippen molar-refractivity contribution in [3.63, 3.8) is 0 Å². The molecule has 0 fully saturated rings. The Hall–Kier alpha value is -3.20. The lowest BCUT2D eigenvalue weighted by molar-refractivity contribution is 0.475. The van der Waals surface area contributed by atoms with E-state index in [4.69, 9.17) is 0 Å². The van der Waals surface area contributed by atoms with Crippen LogP contribution in [0.4, 0.5) is 0 Å². The SMILES string of the molecule is CCCCC=CC(c1ccc(O)cc1)(c1ccc(O)cc1)c1ccc(O)cc1. The second-order valence-electron chi connectivity index (χ2n) is 6.99. The van der Waals surface area contributed by atoms with Gasteiger partial charge < -0.3 is 15.3 Å². The molecule has 0 aliphatic carbocycles. The van der Waals surface area contributed by atoms with Crippen molar-refractivity contribution in [1.82, 2.24) is 0 Å². The van der Waals surface area contributed by atoms with Gasteiger partial charge in [-0.05, 0) is 59.5 Å². The van der Waals surface area contributed by atoms with Gasteiger partial charge in [0.15, 0.2) is 0 Å². The molecule has 0 bridgehead atoms. The summed E-state index contributed by atoms with van der Waals surface area (Å²) in [6, 6.07) is 21.6. The van der Waals surface area contributed by atoms with E-state index >= 15 is 0 Å². The average Bonchev–Trinajstić information content (AvgIpc) is 2.71. The van der Waals surface area contributed by atoms with Gasteiger partial charge in [0.05, 0.1) is 5.41 Å². The number of hydrogen-bond acceptors (Lipinski definition) is 3. The summed E-state index contributed by atoms with van der Waals surface area (Å²) in [5.41, 5.74) is 2.38. The van der Waals surface area contributed by atoms with Gasteiger partial charge in [-0.15, -0.1) is 0 Å². The van der Waals surface area contributed by atoms with Gasteiger partial charge in [-0.1, -0.05) is 68.3 Å². The van der Waals surface area contributed by atoms with Crippen LogP contribution in [0.5, 0.6) is 17.2 Å². The third-order valence-electron chi connectivity index (χ3n) is 5.06. The van der Waals surface area contributed by atoms with Crippen LogP contribution in [0.1, 0.15) is 42.9 Å². The summed E-state index contributed by atoms with van der Waals surface area (Å²) in [7, 11) is 0. The number of hydrogen-bond donors (Lipinski definition) is 3. The summed E-state index contributed by atoms with van der Waals surface area (Å²) in [4.78, 5) is 0. The molecule has 3 aromatic rings. The van der Waals surface area contributed by atoms with E-state index in [1.54, 1.807) is 36.4 Å². The topological polar surface area (TPSA) is 60.7 Å². The van der Waals surface area contributed by atoms with Crippen molar-refractivity contribution in [2.24, 2.45) is 0 Å². The standard InChI is InChI=1S/C25H26O3/c1-2-3-4-5-18-25(19-6-12-22(26)13-7-19,20-8-14-23(27)15-9-20)21-10-16-24(28)17-11-21/h5-18,26-28H,2-4H2,1H3. The van der Waals surface area contributed by atoms with Gasteiger partial charge in [0.1, 0.15) is 17.2 Å². The molecule has 0 heterocycles. The molecule has 0 saturated heterocycles. The Kier molecular flexibility index (Phi) is 6.05. The predicted molar refractivity (Wildman–Crippen MR) is 113 cm³/mol. The molecule has 0 saturated carbocycles. The van der Waals surface area contributed by atoms with Crippen LogP contribution in [0.15, 0.2) is 84.9 Å². The molecule has 0 amide bonds. The molecule has 144 valence electrons. The highest BCUT2D eigenvalue weighted by atomic mass is 16.3. The van der Waals surface area contributed by atoms with E-state index in [9.17, 15) is 15.3 Å². The smallest absolute Gasteiger partial charge is 0.115 e. The lowest BCUT2D eigenvalue weighted by Crippen LogP contribution is -2.27. The van der Waals surface area contributed by atoms with Crippen LogP contribution in [0.3, 0.4) is 0 Å². The maximum atomic E-state index is 9.80. The minimum absolute atomic E-state index is 0.212. The van der Waals surface area contributed by atoms with Crippen molar-refractivity contribution in [3.05, 3.63) is 102 Å². The highest BCUT2D eigenvalue weighted by molar-refractivity contribution is 5.56. The molecule has 0 atom stereocenters. The predicted octanol–water partition coefficient (Wildman–Crippen LogP) is 5.88. The highest BCUT2D eigenvalue weighted by Gasteiger charge is 2.33. The van der Waals surface area contributed by atoms with Gasteiger partial charge in [-0.2, -0.15) is 0 Å². The van der Waals surface area contributed by atoms with Crippen LogP contribution < -0.4 is 0 Å². The zero-order chi connectivity index (χ0) is 20.0. The molecule has 3 aromatic carbocycles. The van der Waals surface area contributed by atoms with Crippen LogP contribution in [-0.2, 0) is 5.41 Å². The third-order valence-corrected chi connectivity index (χ3v) is 5.06. The Bertz CT molecular complexity index is 797. The van der Waals surface area contributed by atoms with Crippen molar-refractivity contribution < 1.29 is 15.3 Å². The number of allylic oxidation sites excluding steroid dienone is 2. The minimum atomic E-state index is -0.608. The number of phenolic OH excluding ortho intramolecular Hbond substituents is 3. The molecule has 3 nitrogen and oxygen atoms in total. The number of benzene rings is 3. The molecule has 0 radical (unpaired) electrons. The van der Waals surface area contributed by atoms with E-state index in [0.717, 1.165) is 36.0 Å². The molecule has 0 unspecified atom stereocenters. The summed E-state index contributed by atoms with van der Waals surface area (Å²) in [5.74, 6) is 0.636. The molecule has 3 heteroatoms. The molecular formula is C25H26O3. The van der Waals surface area contributed by atoms with Crippen LogP contribution in [0.25, 0.3) is 0 Å². The molecule has 0 aromatic heterocycles. The summed E-state index contributed by atoms with van der Waals surface area (Å²) in [5, 5.41) is 29.4. The van der Waals surface area contributed by atoms with Gasteiger partial charge >= 0.3 is 0 Å². The molecule has 0 spiro atoms. The fourth-order valence-electron chi connectivity index (χ4n) is 3.54. The van der Waals surface area contributed by atoms with E-state index < -0.39 is 5.41 Å². The van der Waals surface area contributed by atoms with E-state index in [0.29, 0.717) is 0 Å². The molecule has 0 aliphatic heterocycles. The zero-order valence-corrected chi connectivity index (χ0v) is 16.0. The number of unbranched alkanes of at least 4 members (excludes halogenated alkanes) is 2. The van der Waals surface area contributed by atoms with E-state index in [1.807, 2.05) is 36.4 Å². The quantitative estimate of drug-likeness (QED) is 0.275. The first-order valence-corrected chi connectivity index (χ1v) is 9.62. The van der Waals surface area contributed by atoms with Crippen molar-refractivity contribution in [1.29, 1.82) is 0 Å². The van der Waals surface area contributed by atoms with Gasteiger partial charge in [0.25, 0.3) is 0 Å². The molecule has 3 rings (SSSR count). The average molecular weight is 374 g/mol. The monoisotopic (exact) mass is 374 g/mol. The maximum absolute atomic E-state index is 9.80. The van der Waals surface area contributed by atoms with E-state index in [2.05, 4.69) is 19.1 Å². The Labute approximate surface area is 166 Å². The van der Waals surface area contributed by atoms with Crippen LogP contribution >= 0.6 is 0 Å². The summed E-state index contributed by atoms with van der Waals surface area (Å²) >= 11 is 0. The normalized spacial score (nSPS) is 11.8. The largest absolute Gasteiger partial charge is 0.508 e. The summed E-state index contributed by atoms with van der Waals surface area (Å²) in [6.45, 7) is 2.17. The van der Waals surface area contributed by atoms with Crippen LogP contribution in [-0.4, -0.2) is 15.3 Å². The number of rotatable bonds is 7. The Morgan fingerprint density at radius 3 is 1.32 bits per heavy atom. The van der Waals surface area contributed by atoms with Crippen molar-refractivity contribution in [2.45, 2.75) is 31.6 Å². The first-order valence-electron chi connectivity index (χ1n) is 9.62. The zero-order valence-electron chi connectivity index (χ0n) is 16.0. The van der Waals surface area contributed by atoms with Gasteiger partial charge in [0, 0.05) is 0 Å². The Balaban J connectivity index is 2.26. The van der Waals surface area contributed by atoms with E-state index in [1.165, 1.54) is 0 Å². The maximum Gasteiger partial charge on any atom is 0.115 e. The fourth-order valence-corrected chi connectivity index (χ4v) is 3.54. The van der Waals surface area contributed by atoms with Crippen molar-refractivity contribution >= 4 is 0 Å². The first-order chi connectivity index (χ1) is 13.6. The van der Waals surface area contributed by atoms with E-state index in [-0.39, 0.29) is 17.2 Å². The first kappa shape index (κ1) is 19.6. The number of aromatic hydroxyl groups is 3. The second kappa shape index (κ2) is 8.66. The lowest BCUT2D eigenvalue weighted by Gasteiger charge is -2.33. The summed E-state index contributed by atoms with van der Waals surface area (Å²) < 4.78 is 0. The molecule has 0 aliphatic rings.